The van der Waals surface area contributed by atoms with Crippen LogP contribution in [0.4, 0.5) is 8.78 Å². The van der Waals surface area contributed by atoms with Crippen molar-refractivity contribution < 1.29 is 47.5 Å². The van der Waals surface area contributed by atoms with E-state index >= 15 is 0 Å². The summed E-state index contributed by atoms with van der Waals surface area (Å²) in [6.07, 6.45) is -6.07. The first-order chi connectivity index (χ1) is 17.1. The molecule has 37 heavy (non-hydrogen) atoms. The SMILES string of the molecule is CCC(Cl)(P(O)OC[C@H]1O[C@@H](n2ccc(=O)n(CC(F)(F)c3ccccc3)c2=O)[C@@H](O)[C@H]1O)P(=O)(O)O. The maximum absolute atomic E-state index is 14.8. The standard InChI is InChI=1S/C20H25ClF2N2O10P2/c1-2-20(21,37(31,32)33)36(30)34-10-13-15(27)16(28)17(35-13)24-9-8-14(26)25(18(24)29)11-19(22,23)12-6-4-3-5-7-12/h3-9,13,15-17,27-28,30H,2,10-11H2,1H3,(H2,31,32,33)/t13-,15+,16+,17-,20?,36?/m1/s1. The monoisotopic (exact) mass is 588 g/mol. The highest BCUT2D eigenvalue weighted by molar-refractivity contribution is 7.73. The van der Waals surface area contributed by atoms with Gasteiger partial charge in [0.1, 0.15) is 18.3 Å². The number of rotatable bonds is 10. The third kappa shape index (κ3) is 6.04. The van der Waals surface area contributed by atoms with Crippen LogP contribution in [0.15, 0.2) is 52.2 Å². The number of aromatic nitrogens is 2. The van der Waals surface area contributed by atoms with Crippen LogP contribution in [0.25, 0.3) is 0 Å². The van der Waals surface area contributed by atoms with Gasteiger partial charge in [-0.05, 0) is 6.42 Å². The Hall–Kier alpha value is -1.57. The molecule has 1 aromatic carbocycles. The van der Waals surface area contributed by atoms with Crippen molar-refractivity contribution in [3.8, 4) is 0 Å². The van der Waals surface area contributed by atoms with Crippen LogP contribution in [0, 0.1) is 0 Å². The molecule has 0 saturated carbocycles. The summed E-state index contributed by atoms with van der Waals surface area (Å²) >= 11 is 5.87. The molecule has 1 saturated heterocycles. The molecule has 0 bridgehead atoms. The topological polar surface area (TPSA) is 181 Å². The van der Waals surface area contributed by atoms with Gasteiger partial charge < -0.3 is 34.2 Å². The van der Waals surface area contributed by atoms with Gasteiger partial charge in [0.25, 0.3) is 11.5 Å². The van der Waals surface area contributed by atoms with Crippen molar-refractivity contribution in [2.24, 2.45) is 0 Å². The Morgan fingerprint density at radius 1 is 1.16 bits per heavy atom. The van der Waals surface area contributed by atoms with Crippen LogP contribution >= 0.6 is 27.6 Å². The molecule has 0 aliphatic carbocycles. The minimum Gasteiger partial charge on any atom is -0.387 e. The summed E-state index contributed by atoms with van der Waals surface area (Å²) < 4.78 is 50.2. The van der Waals surface area contributed by atoms with Gasteiger partial charge >= 0.3 is 13.3 Å². The highest BCUT2D eigenvalue weighted by atomic mass is 35.5. The number of ether oxygens (including phenoxy) is 1. The lowest BCUT2D eigenvalue weighted by Crippen LogP contribution is -2.45. The Balaban J connectivity index is 1.82. The largest absolute Gasteiger partial charge is 0.387 e. The van der Waals surface area contributed by atoms with Crippen LogP contribution in [0.5, 0.6) is 0 Å². The summed E-state index contributed by atoms with van der Waals surface area (Å²) in [7, 11) is -7.98. The Morgan fingerprint density at radius 3 is 2.35 bits per heavy atom. The first kappa shape index (κ1) is 30.0. The number of aliphatic hydroxyl groups excluding tert-OH is 2. The van der Waals surface area contributed by atoms with Crippen LogP contribution < -0.4 is 11.2 Å². The predicted octanol–water partition coefficient (Wildman–Crippen LogP) is 1.22. The third-order valence-electron chi connectivity index (χ3n) is 5.81. The Bertz CT molecular complexity index is 1260. The second-order valence-corrected chi connectivity index (χ2v) is 13.2. The second kappa shape index (κ2) is 11.3. The highest BCUT2D eigenvalue weighted by Gasteiger charge is 2.53. The van der Waals surface area contributed by atoms with Crippen LogP contribution in [-0.4, -0.2) is 63.3 Å². The number of halogens is 3. The molecule has 2 unspecified atom stereocenters. The minimum atomic E-state index is -5.02. The van der Waals surface area contributed by atoms with E-state index in [0.29, 0.717) is 4.57 Å². The molecule has 206 valence electrons. The number of nitrogens with zero attached hydrogens (tertiary/aromatic N) is 2. The number of hydrogen-bond acceptors (Lipinski definition) is 8. The molecule has 1 aliphatic heterocycles. The van der Waals surface area contributed by atoms with Gasteiger partial charge in [-0.15, -0.1) is 0 Å². The van der Waals surface area contributed by atoms with E-state index in [0.717, 1.165) is 24.4 Å². The molecule has 12 nitrogen and oxygen atoms in total. The lowest BCUT2D eigenvalue weighted by molar-refractivity contribution is -0.0546. The average Bonchev–Trinajstić information content (AvgIpc) is 3.12. The van der Waals surface area contributed by atoms with E-state index in [1.807, 2.05) is 0 Å². The van der Waals surface area contributed by atoms with Gasteiger partial charge in [0.15, 0.2) is 6.23 Å². The Morgan fingerprint density at radius 2 is 1.78 bits per heavy atom. The smallest absolute Gasteiger partial charge is 0.355 e. The molecular weight excluding hydrogens is 564 g/mol. The lowest BCUT2D eigenvalue weighted by Gasteiger charge is -2.30. The van der Waals surface area contributed by atoms with Gasteiger partial charge in [-0.3, -0.25) is 18.5 Å². The van der Waals surface area contributed by atoms with Crippen molar-refractivity contribution in [2.45, 2.75) is 54.7 Å². The molecule has 2 aromatic rings. The van der Waals surface area contributed by atoms with Crippen LogP contribution in [0.3, 0.4) is 0 Å². The quantitative estimate of drug-likeness (QED) is 0.200. The summed E-state index contributed by atoms with van der Waals surface area (Å²) in [5.41, 5.74) is -2.72. The van der Waals surface area contributed by atoms with Crippen molar-refractivity contribution >= 4 is 27.6 Å². The zero-order valence-corrected chi connectivity index (χ0v) is 21.7. The Kier molecular flexibility index (Phi) is 9.13. The van der Waals surface area contributed by atoms with Gasteiger partial charge in [0.05, 0.1) is 13.2 Å². The maximum Gasteiger partial charge on any atom is 0.355 e. The van der Waals surface area contributed by atoms with Gasteiger partial charge in [-0.1, -0.05) is 48.9 Å². The molecule has 6 atom stereocenters. The van der Waals surface area contributed by atoms with Crippen molar-refractivity contribution in [2.75, 3.05) is 6.61 Å². The molecule has 0 radical (unpaired) electrons. The highest BCUT2D eigenvalue weighted by Crippen LogP contribution is 2.70. The number of aliphatic hydroxyl groups is 2. The van der Waals surface area contributed by atoms with Crippen LogP contribution in [0.2, 0.25) is 0 Å². The molecule has 3 rings (SSSR count). The molecule has 1 aliphatic rings. The second-order valence-electron chi connectivity index (χ2n) is 8.23. The molecule has 1 aromatic heterocycles. The molecule has 5 N–H and O–H groups in total. The van der Waals surface area contributed by atoms with E-state index in [2.05, 4.69) is 0 Å². The fourth-order valence-corrected chi connectivity index (χ4v) is 6.01. The molecule has 2 heterocycles. The predicted molar refractivity (Wildman–Crippen MR) is 127 cm³/mol. The van der Waals surface area contributed by atoms with Gasteiger partial charge in [0, 0.05) is 17.8 Å². The number of alkyl halides is 3. The number of benzene rings is 1. The van der Waals surface area contributed by atoms with Gasteiger partial charge in [0.2, 0.25) is 12.7 Å². The lowest BCUT2D eigenvalue weighted by atomic mass is 10.1. The van der Waals surface area contributed by atoms with Gasteiger partial charge in [-0.25, -0.2) is 4.79 Å². The van der Waals surface area contributed by atoms with E-state index in [1.54, 1.807) is 0 Å². The maximum atomic E-state index is 14.8. The first-order valence-corrected chi connectivity index (χ1v) is 14.0. The molecule has 0 amide bonds. The zero-order valence-electron chi connectivity index (χ0n) is 19.2. The summed E-state index contributed by atoms with van der Waals surface area (Å²) in [5.74, 6) is -3.60. The number of hydrogen-bond donors (Lipinski definition) is 5. The minimum absolute atomic E-state index is 0.259. The van der Waals surface area contributed by atoms with Crippen LogP contribution in [0.1, 0.15) is 25.1 Å². The first-order valence-electron chi connectivity index (χ1n) is 10.8. The normalized spacial score (nSPS) is 25.1. The summed E-state index contributed by atoms with van der Waals surface area (Å²) in [5, 5.41) is 20.8. The average molecular weight is 589 g/mol. The Labute approximate surface area is 214 Å². The third-order valence-corrected chi connectivity index (χ3v) is 11.0. The van der Waals surface area contributed by atoms with Crippen molar-refractivity contribution in [3.05, 3.63) is 69.0 Å². The molecule has 0 spiro atoms. The molecule has 1 fully saturated rings. The zero-order chi connectivity index (χ0) is 27.8. The van der Waals surface area contributed by atoms with Crippen molar-refractivity contribution in [1.29, 1.82) is 0 Å². The summed E-state index contributed by atoms with van der Waals surface area (Å²) in [6, 6.07) is 7.34. The van der Waals surface area contributed by atoms with E-state index in [4.69, 9.17) is 20.9 Å². The van der Waals surface area contributed by atoms with E-state index in [9.17, 15) is 47.8 Å². The van der Waals surface area contributed by atoms with Crippen LogP contribution in [-0.2, 0) is 26.3 Å². The van der Waals surface area contributed by atoms with E-state index in [1.165, 1.54) is 25.1 Å². The summed E-state index contributed by atoms with van der Waals surface area (Å²) in [4.78, 5) is 54.2. The fourth-order valence-electron chi connectivity index (χ4n) is 3.63. The van der Waals surface area contributed by atoms with Crippen molar-refractivity contribution in [3.63, 3.8) is 0 Å². The molecular formula is C20H25ClF2N2O10P2. The van der Waals surface area contributed by atoms with Crippen molar-refractivity contribution in [1.82, 2.24) is 9.13 Å². The van der Waals surface area contributed by atoms with E-state index in [-0.39, 0.29) is 11.0 Å². The van der Waals surface area contributed by atoms with E-state index < -0.39 is 80.8 Å². The summed E-state index contributed by atoms with van der Waals surface area (Å²) in [6.45, 7) is -0.699. The fraction of sp³-hybridized carbons (Fsp3) is 0.500. The molecule has 17 heteroatoms. The van der Waals surface area contributed by atoms with Gasteiger partial charge in [-0.2, -0.15) is 8.78 Å².